The molecule has 1 heterocycles. The highest BCUT2D eigenvalue weighted by molar-refractivity contribution is 5.42. The van der Waals surface area contributed by atoms with E-state index in [0.717, 1.165) is 31.6 Å². The first-order valence-electron chi connectivity index (χ1n) is 7.73. The quantitative estimate of drug-likeness (QED) is 0.768. The number of anilines is 1. The van der Waals surface area contributed by atoms with E-state index in [1.165, 1.54) is 0 Å². The maximum atomic E-state index is 6.12. The van der Waals surface area contributed by atoms with Crippen LogP contribution in [0.3, 0.4) is 0 Å². The first-order valence-corrected chi connectivity index (χ1v) is 7.73. The van der Waals surface area contributed by atoms with Gasteiger partial charge in [0.15, 0.2) is 0 Å². The maximum absolute atomic E-state index is 6.12. The van der Waals surface area contributed by atoms with Gasteiger partial charge in [-0.25, -0.2) is 4.98 Å². The molecule has 0 aliphatic rings. The Morgan fingerprint density at radius 3 is 2.40 bits per heavy atom. The van der Waals surface area contributed by atoms with Crippen LogP contribution in [-0.4, -0.2) is 35.1 Å². The molecule has 1 rings (SSSR count). The van der Waals surface area contributed by atoms with E-state index in [-0.39, 0.29) is 11.6 Å². The number of nitrogens with two attached hydrogens (primary N) is 1. The Morgan fingerprint density at radius 1 is 1.30 bits per heavy atom. The monoisotopic (exact) mass is 278 g/mol. The van der Waals surface area contributed by atoms with Crippen LogP contribution >= 0.6 is 0 Å². The molecule has 0 saturated carbocycles. The molecule has 20 heavy (non-hydrogen) atoms. The van der Waals surface area contributed by atoms with Gasteiger partial charge in [0.05, 0.1) is 6.04 Å². The van der Waals surface area contributed by atoms with E-state index < -0.39 is 0 Å². The van der Waals surface area contributed by atoms with Crippen molar-refractivity contribution < 1.29 is 0 Å². The van der Waals surface area contributed by atoms with Crippen molar-refractivity contribution in [1.29, 1.82) is 0 Å². The molecule has 3 N–H and O–H groups in total. The predicted molar refractivity (Wildman–Crippen MR) is 86.7 cm³/mol. The Bertz CT molecular complexity index is 403. The van der Waals surface area contributed by atoms with Gasteiger partial charge in [0, 0.05) is 17.3 Å². The zero-order valence-corrected chi connectivity index (χ0v) is 13.6. The Balaban J connectivity index is 3.26. The molecular formula is C16H30N4. The molecule has 0 radical (unpaired) electrons. The average molecular weight is 278 g/mol. The molecule has 2 unspecified atom stereocenters. The first kappa shape index (κ1) is 16.9. The first-order chi connectivity index (χ1) is 9.54. The number of hydrogen-bond donors (Lipinski definition) is 2. The second-order valence-corrected chi connectivity index (χ2v) is 5.35. The Morgan fingerprint density at radius 2 is 1.95 bits per heavy atom. The van der Waals surface area contributed by atoms with E-state index in [1.54, 1.807) is 6.20 Å². The molecular weight excluding hydrogens is 248 g/mol. The van der Waals surface area contributed by atoms with Gasteiger partial charge in [0.25, 0.3) is 0 Å². The Labute approximate surface area is 123 Å². The van der Waals surface area contributed by atoms with Crippen LogP contribution in [0.15, 0.2) is 18.3 Å². The van der Waals surface area contributed by atoms with E-state index in [1.807, 2.05) is 6.07 Å². The number of aromatic nitrogens is 1. The summed E-state index contributed by atoms with van der Waals surface area (Å²) in [5, 5.41) is 3.62. The minimum absolute atomic E-state index is 0.0245. The lowest BCUT2D eigenvalue weighted by Gasteiger charge is -2.46. The van der Waals surface area contributed by atoms with E-state index >= 15 is 0 Å². The van der Waals surface area contributed by atoms with Crippen molar-refractivity contribution in [2.45, 2.75) is 52.6 Å². The number of nitrogen functional groups attached to an aromatic ring is 1. The summed E-state index contributed by atoms with van der Waals surface area (Å²) in [6.45, 7) is 14.1. The van der Waals surface area contributed by atoms with Gasteiger partial charge >= 0.3 is 0 Å². The fourth-order valence-corrected chi connectivity index (χ4v) is 3.10. The highest BCUT2D eigenvalue weighted by Crippen LogP contribution is 2.35. The number of nitrogens with zero attached hydrogens (tertiary/aromatic N) is 2. The molecule has 114 valence electrons. The largest absolute Gasteiger partial charge is 0.383 e. The molecule has 2 atom stereocenters. The molecule has 0 bridgehead atoms. The smallest absolute Gasteiger partial charge is 0.128 e. The minimum Gasteiger partial charge on any atom is -0.383 e. The van der Waals surface area contributed by atoms with Gasteiger partial charge in [-0.1, -0.05) is 33.8 Å². The number of rotatable bonds is 8. The van der Waals surface area contributed by atoms with Gasteiger partial charge in [0.2, 0.25) is 0 Å². The third-order valence-electron chi connectivity index (χ3n) is 4.41. The summed E-state index contributed by atoms with van der Waals surface area (Å²) in [6.07, 6.45) is 2.81. The molecule has 0 aliphatic carbocycles. The highest BCUT2D eigenvalue weighted by atomic mass is 15.2. The normalized spacial score (nSPS) is 16.1. The number of pyridine rings is 1. The lowest BCUT2D eigenvalue weighted by Crippen LogP contribution is -2.54. The summed E-state index contributed by atoms with van der Waals surface area (Å²) in [5.41, 5.74) is 7.24. The number of likely N-dealkylation sites (N-methyl/N-ethyl adjacent to an activating group) is 2. The summed E-state index contributed by atoms with van der Waals surface area (Å²) < 4.78 is 0. The van der Waals surface area contributed by atoms with Crippen molar-refractivity contribution >= 4 is 5.82 Å². The van der Waals surface area contributed by atoms with Crippen molar-refractivity contribution in [2.75, 3.05) is 25.4 Å². The molecule has 0 aromatic carbocycles. The summed E-state index contributed by atoms with van der Waals surface area (Å²) in [7, 11) is 0. The van der Waals surface area contributed by atoms with Crippen molar-refractivity contribution in [3.63, 3.8) is 0 Å². The molecule has 0 saturated heterocycles. The van der Waals surface area contributed by atoms with Crippen molar-refractivity contribution in [3.8, 4) is 0 Å². The lowest BCUT2D eigenvalue weighted by molar-refractivity contribution is 0.0706. The van der Waals surface area contributed by atoms with Crippen LogP contribution < -0.4 is 11.1 Å². The summed E-state index contributed by atoms with van der Waals surface area (Å²) in [5.74, 6) is 0.630. The van der Waals surface area contributed by atoms with Crippen LogP contribution in [0.5, 0.6) is 0 Å². The molecule has 4 heteroatoms. The summed E-state index contributed by atoms with van der Waals surface area (Å²) in [6, 6.07) is 4.24. The Kier molecular flexibility index (Phi) is 6.43. The zero-order valence-electron chi connectivity index (χ0n) is 13.6. The predicted octanol–water partition coefficient (Wildman–Crippen LogP) is 2.82. The minimum atomic E-state index is 0.0245. The third kappa shape index (κ3) is 3.30. The standard InChI is InChI=1S/C16H30N4/c1-6-16(5,20(8-3)9-4)14(18-7-2)13-11-10-12-19-15(13)17/h10-12,14,18H,6-9H2,1-5H3,(H2,17,19). The molecule has 1 aromatic rings. The van der Waals surface area contributed by atoms with Gasteiger partial charge in [-0.3, -0.25) is 4.90 Å². The second-order valence-electron chi connectivity index (χ2n) is 5.35. The van der Waals surface area contributed by atoms with Gasteiger partial charge in [-0.15, -0.1) is 0 Å². The summed E-state index contributed by atoms with van der Waals surface area (Å²) >= 11 is 0. The van der Waals surface area contributed by atoms with Crippen LogP contribution in [-0.2, 0) is 0 Å². The van der Waals surface area contributed by atoms with Crippen molar-refractivity contribution in [2.24, 2.45) is 0 Å². The fraction of sp³-hybridized carbons (Fsp3) is 0.688. The molecule has 0 amide bonds. The van der Waals surface area contributed by atoms with Gasteiger partial charge in [-0.05, 0) is 39.0 Å². The fourth-order valence-electron chi connectivity index (χ4n) is 3.10. The van der Waals surface area contributed by atoms with E-state index in [2.05, 4.69) is 55.9 Å². The van der Waals surface area contributed by atoms with Crippen LogP contribution in [0.2, 0.25) is 0 Å². The second kappa shape index (κ2) is 7.60. The van der Waals surface area contributed by atoms with Crippen LogP contribution in [0, 0.1) is 0 Å². The summed E-state index contributed by atoms with van der Waals surface area (Å²) in [4.78, 5) is 6.77. The molecule has 1 aromatic heterocycles. The maximum Gasteiger partial charge on any atom is 0.128 e. The van der Waals surface area contributed by atoms with Crippen LogP contribution in [0.1, 0.15) is 52.6 Å². The Hall–Kier alpha value is -1.13. The van der Waals surface area contributed by atoms with Crippen molar-refractivity contribution in [3.05, 3.63) is 23.9 Å². The lowest BCUT2D eigenvalue weighted by atomic mass is 9.82. The average Bonchev–Trinajstić information content (AvgIpc) is 2.46. The zero-order chi connectivity index (χ0) is 15.2. The van der Waals surface area contributed by atoms with E-state index in [0.29, 0.717) is 5.82 Å². The van der Waals surface area contributed by atoms with Gasteiger partial charge in [0.1, 0.15) is 5.82 Å². The topological polar surface area (TPSA) is 54.2 Å². The van der Waals surface area contributed by atoms with E-state index in [4.69, 9.17) is 5.73 Å². The number of hydrogen-bond acceptors (Lipinski definition) is 4. The van der Waals surface area contributed by atoms with Gasteiger partial charge < -0.3 is 11.1 Å². The molecule has 0 spiro atoms. The molecule has 0 aliphatic heterocycles. The molecule has 4 nitrogen and oxygen atoms in total. The third-order valence-corrected chi connectivity index (χ3v) is 4.41. The van der Waals surface area contributed by atoms with Crippen molar-refractivity contribution in [1.82, 2.24) is 15.2 Å². The van der Waals surface area contributed by atoms with E-state index in [9.17, 15) is 0 Å². The SMILES string of the molecule is CCNC(c1cccnc1N)C(C)(CC)N(CC)CC. The van der Waals surface area contributed by atoms with Crippen LogP contribution in [0.4, 0.5) is 5.82 Å². The number of nitrogens with one attached hydrogen (secondary N) is 1. The van der Waals surface area contributed by atoms with Crippen LogP contribution in [0.25, 0.3) is 0 Å². The molecule has 0 fully saturated rings. The highest BCUT2D eigenvalue weighted by Gasteiger charge is 2.38. The van der Waals surface area contributed by atoms with Gasteiger partial charge in [-0.2, -0.15) is 0 Å².